The van der Waals surface area contributed by atoms with Crippen molar-refractivity contribution >= 4 is 50.3 Å². The number of rotatable bonds is 7. The summed E-state index contributed by atoms with van der Waals surface area (Å²) in [5.74, 6) is 1.25. The Balaban J connectivity index is 1.72. The van der Waals surface area contributed by atoms with Crippen LogP contribution in [0.5, 0.6) is 5.75 Å². The third-order valence-corrected chi connectivity index (χ3v) is 6.07. The molecule has 0 bridgehead atoms. The maximum atomic E-state index is 13.2. The summed E-state index contributed by atoms with van der Waals surface area (Å²) in [4.78, 5) is 19.8. The normalized spacial score (nSPS) is 11.3. The molecule has 0 saturated heterocycles. The van der Waals surface area contributed by atoms with Crippen molar-refractivity contribution < 1.29 is 4.74 Å². The first-order valence-electron chi connectivity index (χ1n) is 10.8. The summed E-state index contributed by atoms with van der Waals surface area (Å²) < 4.78 is 8.32. The Morgan fingerprint density at radius 2 is 1.88 bits per heavy atom. The number of nitrogens with zero attached hydrogens (tertiary/aromatic N) is 4. The maximum absolute atomic E-state index is 13.2. The molecule has 0 atom stereocenters. The van der Waals surface area contributed by atoms with Crippen LogP contribution in [0.25, 0.3) is 10.9 Å². The van der Waals surface area contributed by atoms with Gasteiger partial charge < -0.3 is 9.64 Å². The lowest BCUT2D eigenvalue weighted by Gasteiger charge is -2.16. The Labute approximate surface area is 211 Å². The lowest BCUT2D eigenvalue weighted by atomic mass is 10.2. The highest BCUT2D eigenvalue weighted by Crippen LogP contribution is 2.25. The molecule has 0 aliphatic rings. The zero-order valence-electron chi connectivity index (χ0n) is 19.1. The fraction of sp³-hybridized carbons (Fsp3) is 0.192. The Hall–Kier alpha value is -3.16. The zero-order chi connectivity index (χ0) is 24.2. The van der Waals surface area contributed by atoms with E-state index >= 15 is 0 Å². The van der Waals surface area contributed by atoms with E-state index in [0.29, 0.717) is 40.5 Å². The summed E-state index contributed by atoms with van der Waals surface area (Å²) >= 11 is 9.42. The van der Waals surface area contributed by atoms with Gasteiger partial charge in [0.15, 0.2) is 0 Å². The molecular formula is C26H24BrClN4O2. The molecule has 3 aromatic carbocycles. The average Bonchev–Trinajstić information content (AvgIpc) is 2.83. The predicted molar refractivity (Wildman–Crippen MR) is 143 cm³/mol. The van der Waals surface area contributed by atoms with Crippen molar-refractivity contribution in [2.45, 2.75) is 20.0 Å². The maximum Gasteiger partial charge on any atom is 0.282 e. The van der Waals surface area contributed by atoms with Gasteiger partial charge in [0.2, 0.25) is 0 Å². The summed E-state index contributed by atoms with van der Waals surface area (Å²) in [7, 11) is 3.94. The van der Waals surface area contributed by atoms with Crippen molar-refractivity contribution in [1.82, 2.24) is 9.66 Å². The minimum atomic E-state index is -0.215. The van der Waals surface area contributed by atoms with Crippen LogP contribution in [0.3, 0.4) is 0 Å². The first-order valence-corrected chi connectivity index (χ1v) is 12.0. The molecule has 0 radical (unpaired) electrons. The van der Waals surface area contributed by atoms with Gasteiger partial charge in [0.1, 0.15) is 18.2 Å². The van der Waals surface area contributed by atoms with Crippen LogP contribution in [0.2, 0.25) is 5.02 Å². The highest BCUT2D eigenvalue weighted by atomic mass is 79.9. The van der Waals surface area contributed by atoms with Gasteiger partial charge in [-0.05, 0) is 48.0 Å². The molecule has 1 heterocycles. The minimum absolute atomic E-state index is 0.215. The second-order valence-corrected chi connectivity index (χ2v) is 9.29. The van der Waals surface area contributed by atoms with Crippen molar-refractivity contribution in [2.75, 3.05) is 19.0 Å². The van der Waals surface area contributed by atoms with Crippen LogP contribution in [0.1, 0.15) is 23.9 Å². The molecule has 0 saturated carbocycles. The summed E-state index contributed by atoms with van der Waals surface area (Å²) in [5, 5.41) is 5.70. The quantitative estimate of drug-likeness (QED) is 0.274. The largest absolute Gasteiger partial charge is 0.488 e. The molecule has 1 aromatic heterocycles. The lowest BCUT2D eigenvalue weighted by molar-refractivity contribution is 0.306. The van der Waals surface area contributed by atoms with Crippen LogP contribution in [-0.4, -0.2) is 30.0 Å². The van der Waals surface area contributed by atoms with Gasteiger partial charge in [-0.2, -0.15) is 9.78 Å². The molecule has 0 unspecified atom stereocenters. The number of aromatic nitrogens is 2. The van der Waals surface area contributed by atoms with Crippen LogP contribution in [0.4, 0.5) is 5.69 Å². The van der Waals surface area contributed by atoms with Crippen molar-refractivity contribution in [3.63, 3.8) is 0 Å². The van der Waals surface area contributed by atoms with Gasteiger partial charge >= 0.3 is 0 Å². The van der Waals surface area contributed by atoms with Gasteiger partial charge in [0.05, 0.1) is 17.1 Å². The molecule has 8 heteroatoms. The van der Waals surface area contributed by atoms with E-state index in [2.05, 4.69) is 26.0 Å². The summed E-state index contributed by atoms with van der Waals surface area (Å²) in [6.07, 6.45) is 2.21. The molecule has 6 nitrogen and oxygen atoms in total. The number of benzene rings is 3. The molecule has 4 aromatic rings. The third kappa shape index (κ3) is 5.32. The van der Waals surface area contributed by atoms with E-state index in [9.17, 15) is 4.79 Å². The smallest absolute Gasteiger partial charge is 0.282 e. The van der Waals surface area contributed by atoms with E-state index in [1.165, 1.54) is 4.68 Å². The number of halogens is 2. The highest BCUT2D eigenvalue weighted by Gasteiger charge is 2.11. The molecule has 34 heavy (non-hydrogen) atoms. The van der Waals surface area contributed by atoms with Gasteiger partial charge in [0, 0.05) is 47.3 Å². The van der Waals surface area contributed by atoms with Crippen molar-refractivity contribution in [3.8, 4) is 5.75 Å². The van der Waals surface area contributed by atoms with E-state index < -0.39 is 0 Å². The Morgan fingerprint density at radius 3 is 2.59 bits per heavy atom. The second-order valence-electron chi connectivity index (χ2n) is 7.94. The fourth-order valence-electron chi connectivity index (χ4n) is 3.44. The fourth-order valence-corrected chi connectivity index (χ4v) is 3.92. The van der Waals surface area contributed by atoms with E-state index in [-0.39, 0.29) is 5.56 Å². The molecule has 0 amide bonds. The molecule has 0 aliphatic carbocycles. The second kappa shape index (κ2) is 10.4. The molecule has 174 valence electrons. The summed E-state index contributed by atoms with van der Waals surface area (Å²) in [5.41, 5.74) is 3.18. The van der Waals surface area contributed by atoms with E-state index in [4.69, 9.17) is 16.3 Å². The van der Waals surface area contributed by atoms with Crippen molar-refractivity contribution in [3.05, 3.63) is 97.5 Å². The Bertz CT molecular complexity index is 1420. The van der Waals surface area contributed by atoms with Crippen LogP contribution in [-0.2, 0) is 13.0 Å². The summed E-state index contributed by atoms with van der Waals surface area (Å²) in [6.45, 7) is 2.33. The molecule has 0 fully saturated rings. The topological polar surface area (TPSA) is 59.7 Å². The van der Waals surface area contributed by atoms with E-state index in [1.807, 2.05) is 80.5 Å². The number of anilines is 1. The van der Waals surface area contributed by atoms with Gasteiger partial charge in [-0.15, -0.1) is 0 Å². The monoisotopic (exact) mass is 538 g/mol. The molecule has 0 aliphatic heterocycles. The zero-order valence-corrected chi connectivity index (χ0v) is 21.5. The third-order valence-electron chi connectivity index (χ3n) is 5.33. The number of hydrogen-bond donors (Lipinski definition) is 0. The van der Waals surface area contributed by atoms with Crippen molar-refractivity contribution in [2.24, 2.45) is 5.10 Å². The Kier molecular flexibility index (Phi) is 7.34. The van der Waals surface area contributed by atoms with E-state index in [1.54, 1.807) is 12.3 Å². The molecular weight excluding hydrogens is 516 g/mol. The van der Waals surface area contributed by atoms with E-state index in [0.717, 1.165) is 21.3 Å². The summed E-state index contributed by atoms with van der Waals surface area (Å²) in [6, 6.07) is 18.9. The lowest BCUT2D eigenvalue weighted by Crippen LogP contribution is -2.22. The average molecular weight is 540 g/mol. The first kappa shape index (κ1) is 24.0. The van der Waals surface area contributed by atoms with Gasteiger partial charge in [-0.25, -0.2) is 4.98 Å². The predicted octanol–water partition coefficient (Wildman–Crippen LogP) is 5.90. The van der Waals surface area contributed by atoms with Crippen LogP contribution >= 0.6 is 27.5 Å². The van der Waals surface area contributed by atoms with Gasteiger partial charge in [0.25, 0.3) is 5.56 Å². The van der Waals surface area contributed by atoms with Crippen LogP contribution in [0.15, 0.2) is 75.0 Å². The van der Waals surface area contributed by atoms with Gasteiger partial charge in [-0.3, -0.25) is 4.79 Å². The van der Waals surface area contributed by atoms with Crippen molar-refractivity contribution in [1.29, 1.82) is 0 Å². The van der Waals surface area contributed by atoms with Crippen LogP contribution < -0.4 is 15.2 Å². The molecule has 4 rings (SSSR count). The van der Waals surface area contributed by atoms with Gasteiger partial charge in [-0.1, -0.05) is 46.6 Å². The van der Waals surface area contributed by atoms with Crippen LogP contribution in [0, 0.1) is 0 Å². The number of fused-ring (bicyclic) bond motifs is 1. The number of aryl methyl sites for hydroxylation is 1. The molecule has 0 spiro atoms. The first-order chi connectivity index (χ1) is 16.4. The molecule has 0 N–H and O–H groups in total. The number of ether oxygens (including phenoxy) is 1. The number of hydrogen-bond acceptors (Lipinski definition) is 5. The highest BCUT2D eigenvalue weighted by molar-refractivity contribution is 9.10. The minimum Gasteiger partial charge on any atom is -0.488 e. The Morgan fingerprint density at radius 1 is 1.12 bits per heavy atom. The SMILES string of the molecule is CCc1nc2ccc(Br)cc2c(=O)n1N=Cc1ccc(N(C)C)cc1OCc1ccc(Cl)cc1. The standard InChI is InChI=1S/C26H24BrClN4O2/c1-4-25-30-23-12-8-19(27)13-22(23)26(33)32(25)29-15-18-7-11-21(31(2)3)14-24(18)34-16-17-5-9-20(28)10-6-17/h5-15H,4,16H2,1-3H3.